The van der Waals surface area contributed by atoms with E-state index in [1.165, 1.54) is 25.7 Å². The Hall–Kier alpha value is -0.307. The SMILES string of the molecule is c1cc2[c](cn1)[Ge]1([CH2]CC[CH2]1)[CH2]CC2. The van der Waals surface area contributed by atoms with Gasteiger partial charge in [0, 0.05) is 0 Å². The van der Waals surface area contributed by atoms with Crippen LogP contribution in [-0.4, -0.2) is 18.3 Å². The van der Waals surface area contributed by atoms with E-state index in [1.807, 2.05) is 6.20 Å². The fourth-order valence-electron chi connectivity index (χ4n) is 3.44. The van der Waals surface area contributed by atoms with Crippen LogP contribution in [0.1, 0.15) is 24.8 Å². The molecule has 74 valence electrons. The van der Waals surface area contributed by atoms with Crippen molar-refractivity contribution in [3.8, 4) is 0 Å². The predicted octanol–water partition coefficient (Wildman–Crippen LogP) is 2.48. The molecular weight excluding hydrogens is 231 g/mol. The third kappa shape index (κ3) is 1.25. The second-order valence-electron chi connectivity index (χ2n) is 4.87. The number of aryl methyl sites for hydroxylation is 1. The molecule has 0 radical (unpaired) electrons. The molecule has 0 aromatic carbocycles. The summed E-state index contributed by atoms with van der Waals surface area (Å²) >= 11 is -1.54. The van der Waals surface area contributed by atoms with Crippen LogP contribution in [0.2, 0.25) is 15.8 Å². The van der Waals surface area contributed by atoms with Gasteiger partial charge in [-0.05, 0) is 0 Å². The van der Waals surface area contributed by atoms with Crippen molar-refractivity contribution in [1.82, 2.24) is 4.98 Å². The summed E-state index contributed by atoms with van der Waals surface area (Å²) < 4.78 is 1.77. The number of nitrogens with zero attached hydrogens (tertiary/aromatic N) is 1. The van der Waals surface area contributed by atoms with Crippen LogP contribution >= 0.6 is 0 Å². The van der Waals surface area contributed by atoms with Crippen LogP contribution in [-0.2, 0) is 6.42 Å². The summed E-state index contributed by atoms with van der Waals surface area (Å²) in [6, 6.07) is 2.28. The first-order valence-corrected chi connectivity index (χ1v) is 11.3. The van der Waals surface area contributed by atoms with Crippen LogP contribution in [0.4, 0.5) is 0 Å². The molecule has 2 aliphatic rings. The zero-order chi connectivity index (χ0) is 9.43. The van der Waals surface area contributed by atoms with Gasteiger partial charge in [-0.25, -0.2) is 0 Å². The van der Waals surface area contributed by atoms with Crippen molar-refractivity contribution in [1.29, 1.82) is 0 Å². The Morgan fingerprint density at radius 1 is 1.07 bits per heavy atom. The van der Waals surface area contributed by atoms with Crippen LogP contribution in [0.25, 0.3) is 0 Å². The minimum absolute atomic E-state index is 1.32. The molecule has 0 bridgehead atoms. The first kappa shape index (κ1) is 8.96. The zero-order valence-electron chi connectivity index (χ0n) is 8.63. The summed E-state index contributed by atoms with van der Waals surface area (Å²) in [7, 11) is 0. The van der Waals surface area contributed by atoms with Crippen molar-refractivity contribution >= 4 is 17.7 Å². The topological polar surface area (TPSA) is 12.9 Å². The molecule has 0 N–H and O–H groups in total. The Balaban J connectivity index is 2.10. The van der Waals surface area contributed by atoms with Gasteiger partial charge in [-0.1, -0.05) is 0 Å². The van der Waals surface area contributed by atoms with Gasteiger partial charge in [0.05, 0.1) is 0 Å². The van der Waals surface area contributed by atoms with Gasteiger partial charge in [0.2, 0.25) is 0 Å². The van der Waals surface area contributed by atoms with Crippen molar-refractivity contribution in [3.63, 3.8) is 0 Å². The van der Waals surface area contributed by atoms with E-state index in [4.69, 9.17) is 0 Å². The van der Waals surface area contributed by atoms with E-state index in [1.54, 1.807) is 25.7 Å². The summed E-state index contributed by atoms with van der Waals surface area (Å²) in [6.45, 7) is 0. The van der Waals surface area contributed by atoms with Crippen LogP contribution in [0.15, 0.2) is 18.5 Å². The quantitative estimate of drug-likeness (QED) is 0.642. The number of rotatable bonds is 0. The van der Waals surface area contributed by atoms with E-state index in [0.29, 0.717) is 0 Å². The van der Waals surface area contributed by atoms with Gasteiger partial charge < -0.3 is 0 Å². The van der Waals surface area contributed by atoms with Crippen molar-refractivity contribution in [3.05, 3.63) is 24.0 Å². The average molecular weight is 248 g/mol. The molecule has 1 aromatic heterocycles. The second kappa shape index (κ2) is 3.37. The molecule has 0 aliphatic carbocycles. The molecule has 1 spiro atoms. The molecule has 2 heteroatoms. The van der Waals surface area contributed by atoms with Crippen molar-refractivity contribution in [2.45, 2.75) is 41.4 Å². The van der Waals surface area contributed by atoms with Crippen molar-refractivity contribution in [2.24, 2.45) is 0 Å². The summed E-state index contributed by atoms with van der Waals surface area (Å²) in [5.74, 6) is 0. The molecule has 0 unspecified atom stereocenters. The molecule has 2 aliphatic heterocycles. The first-order chi connectivity index (χ1) is 6.91. The Bertz CT molecular complexity index is 342. The molecule has 14 heavy (non-hydrogen) atoms. The van der Waals surface area contributed by atoms with Gasteiger partial charge in [0.1, 0.15) is 0 Å². The minimum atomic E-state index is -1.54. The molecule has 0 saturated carbocycles. The molecule has 0 atom stereocenters. The van der Waals surface area contributed by atoms with Gasteiger partial charge >= 0.3 is 88.1 Å². The molecule has 0 amide bonds. The number of hydrogen-bond acceptors (Lipinski definition) is 1. The van der Waals surface area contributed by atoms with E-state index in [-0.39, 0.29) is 0 Å². The summed E-state index contributed by atoms with van der Waals surface area (Å²) in [4.78, 5) is 4.36. The van der Waals surface area contributed by atoms with Gasteiger partial charge in [-0.3, -0.25) is 0 Å². The Labute approximate surface area is 88.3 Å². The van der Waals surface area contributed by atoms with Crippen LogP contribution in [0.5, 0.6) is 0 Å². The third-order valence-electron chi connectivity index (χ3n) is 4.14. The summed E-state index contributed by atoms with van der Waals surface area (Å²) in [5, 5.41) is 4.79. The number of fused-ring (bicyclic) bond motifs is 2. The summed E-state index contributed by atoms with van der Waals surface area (Å²) in [6.07, 6.45) is 10.0. The molecule has 1 saturated heterocycles. The standard InChI is InChI=1S/C12H17GeN/c1-2-7-13(6-1)8-3-4-11-5-9-14-10-12(11)13/h5,9-10H,1-4,6-8H2. The number of pyridine rings is 1. The predicted molar refractivity (Wildman–Crippen MR) is 61.6 cm³/mol. The van der Waals surface area contributed by atoms with Gasteiger partial charge in [-0.2, -0.15) is 0 Å². The Kier molecular flexibility index (Phi) is 2.16. The molecular formula is C12H17GeN. The Morgan fingerprint density at radius 2 is 1.86 bits per heavy atom. The molecule has 1 nitrogen and oxygen atoms in total. The van der Waals surface area contributed by atoms with Crippen LogP contribution in [0, 0.1) is 0 Å². The molecule has 1 fully saturated rings. The molecule has 3 heterocycles. The second-order valence-corrected chi connectivity index (χ2v) is 14.5. The van der Waals surface area contributed by atoms with Gasteiger partial charge in [0.25, 0.3) is 0 Å². The maximum absolute atomic E-state index is 4.36. The Morgan fingerprint density at radius 3 is 2.71 bits per heavy atom. The van der Waals surface area contributed by atoms with E-state index in [2.05, 4.69) is 17.2 Å². The van der Waals surface area contributed by atoms with Crippen LogP contribution in [0.3, 0.4) is 0 Å². The van der Waals surface area contributed by atoms with Gasteiger partial charge in [-0.15, -0.1) is 0 Å². The van der Waals surface area contributed by atoms with E-state index >= 15 is 0 Å². The fourth-order valence-corrected chi connectivity index (χ4v) is 15.0. The number of aromatic nitrogens is 1. The monoisotopic (exact) mass is 249 g/mol. The van der Waals surface area contributed by atoms with E-state index in [0.717, 1.165) is 0 Å². The van der Waals surface area contributed by atoms with E-state index in [9.17, 15) is 0 Å². The fraction of sp³-hybridized carbons (Fsp3) is 0.583. The van der Waals surface area contributed by atoms with Gasteiger partial charge in [0.15, 0.2) is 0 Å². The van der Waals surface area contributed by atoms with Crippen LogP contribution < -0.4 is 4.40 Å². The van der Waals surface area contributed by atoms with Crippen molar-refractivity contribution in [2.75, 3.05) is 0 Å². The number of hydrogen-bond donors (Lipinski definition) is 0. The average Bonchev–Trinajstić information content (AvgIpc) is 2.68. The zero-order valence-corrected chi connectivity index (χ0v) is 10.7. The molecule has 1 aromatic rings. The van der Waals surface area contributed by atoms with E-state index < -0.39 is 13.3 Å². The summed E-state index contributed by atoms with van der Waals surface area (Å²) in [5.41, 5.74) is 1.66. The molecule has 3 rings (SSSR count). The normalized spacial score (nSPS) is 23.7. The third-order valence-corrected chi connectivity index (χ3v) is 15.7. The first-order valence-electron chi connectivity index (χ1n) is 5.84. The maximum atomic E-state index is 4.36. The van der Waals surface area contributed by atoms with Crippen molar-refractivity contribution < 1.29 is 0 Å².